The number of nitrogens with zero attached hydrogens (tertiary/aromatic N) is 1. The van der Waals surface area contributed by atoms with Gasteiger partial charge < -0.3 is 19.9 Å². The number of allylic oxidation sites excluding steroid dienone is 1. The molecule has 0 unspecified atom stereocenters. The van der Waals surface area contributed by atoms with Crippen LogP contribution in [0.15, 0.2) is 72.1 Å². The van der Waals surface area contributed by atoms with E-state index in [1.54, 1.807) is 30.3 Å². The summed E-state index contributed by atoms with van der Waals surface area (Å²) in [7, 11) is 0. The fourth-order valence-corrected chi connectivity index (χ4v) is 3.87. The lowest BCUT2D eigenvalue weighted by atomic mass is 9.83. The Morgan fingerprint density at radius 1 is 1.18 bits per heavy atom. The van der Waals surface area contributed by atoms with Crippen molar-refractivity contribution in [3.63, 3.8) is 0 Å². The molecule has 8 heteroatoms. The summed E-state index contributed by atoms with van der Waals surface area (Å²) in [6, 6.07) is 17.4. The highest BCUT2D eigenvalue weighted by Crippen LogP contribution is 2.46. The van der Waals surface area contributed by atoms with Crippen LogP contribution in [-0.4, -0.2) is 12.6 Å². The van der Waals surface area contributed by atoms with Crippen LogP contribution in [0.1, 0.15) is 34.3 Å². The summed E-state index contributed by atoms with van der Waals surface area (Å²) >= 11 is 6.27. The molecule has 0 aliphatic carbocycles. The molecule has 0 spiro atoms. The summed E-state index contributed by atoms with van der Waals surface area (Å²) < 4.78 is 31.1. The predicted molar refractivity (Wildman–Crippen MR) is 120 cm³/mol. The molecule has 0 fully saturated rings. The van der Waals surface area contributed by atoms with Gasteiger partial charge in [-0.1, -0.05) is 23.7 Å². The van der Waals surface area contributed by atoms with Crippen molar-refractivity contribution in [2.45, 2.75) is 12.8 Å². The Labute approximate surface area is 194 Å². The van der Waals surface area contributed by atoms with Gasteiger partial charge in [0, 0.05) is 22.2 Å². The van der Waals surface area contributed by atoms with Crippen LogP contribution >= 0.6 is 11.6 Å². The van der Waals surface area contributed by atoms with Crippen molar-refractivity contribution in [3.05, 3.63) is 99.7 Å². The highest BCUT2D eigenvalue weighted by molar-refractivity contribution is 6.31. The summed E-state index contributed by atoms with van der Waals surface area (Å²) in [5.41, 5.74) is 6.91. The number of fused-ring (bicyclic) bond motifs is 1. The van der Waals surface area contributed by atoms with E-state index in [9.17, 15) is 14.4 Å². The van der Waals surface area contributed by atoms with Gasteiger partial charge in [0.05, 0.1) is 18.1 Å². The van der Waals surface area contributed by atoms with E-state index in [0.717, 1.165) is 0 Å². The van der Waals surface area contributed by atoms with Gasteiger partial charge in [-0.25, -0.2) is 9.18 Å². The van der Waals surface area contributed by atoms with Gasteiger partial charge >= 0.3 is 5.97 Å². The maximum Gasteiger partial charge on any atom is 0.343 e. The van der Waals surface area contributed by atoms with Gasteiger partial charge in [0.1, 0.15) is 34.7 Å². The number of nitriles is 1. The third-order valence-electron chi connectivity index (χ3n) is 5.09. The molecule has 1 aliphatic rings. The highest BCUT2D eigenvalue weighted by Gasteiger charge is 2.34. The van der Waals surface area contributed by atoms with Crippen LogP contribution < -0.4 is 19.9 Å². The summed E-state index contributed by atoms with van der Waals surface area (Å²) in [6.07, 6.45) is 0. The summed E-state index contributed by atoms with van der Waals surface area (Å²) in [6.45, 7) is 2.38. The summed E-state index contributed by atoms with van der Waals surface area (Å²) in [5, 5.41) is 9.79. The van der Waals surface area contributed by atoms with Gasteiger partial charge in [0.15, 0.2) is 0 Å². The van der Waals surface area contributed by atoms with E-state index in [0.29, 0.717) is 23.5 Å². The van der Waals surface area contributed by atoms with Gasteiger partial charge in [-0.3, -0.25) is 0 Å². The van der Waals surface area contributed by atoms with E-state index in [-0.39, 0.29) is 33.5 Å². The van der Waals surface area contributed by atoms with Crippen LogP contribution in [0.25, 0.3) is 0 Å². The smallest absolute Gasteiger partial charge is 0.343 e. The topological polar surface area (TPSA) is 94.6 Å². The first-order valence-corrected chi connectivity index (χ1v) is 10.4. The Hall–Kier alpha value is -4.02. The quantitative estimate of drug-likeness (QED) is 0.406. The molecule has 0 radical (unpaired) electrons. The molecule has 0 saturated heterocycles. The van der Waals surface area contributed by atoms with E-state index in [1.807, 2.05) is 13.0 Å². The lowest BCUT2D eigenvalue weighted by Gasteiger charge is -2.27. The Balaban J connectivity index is 1.67. The molecule has 1 aliphatic heterocycles. The van der Waals surface area contributed by atoms with Crippen LogP contribution in [0, 0.1) is 17.1 Å². The summed E-state index contributed by atoms with van der Waals surface area (Å²) in [5.74, 6) is -1.14. The molecule has 0 saturated carbocycles. The molecular weight excluding hydrogens is 447 g/mol. The van der Waals surface area contributed by atoms with Crippen LogP contribution in [0.2, 0.25) is 5.02 Å². The average Bonchev–Trinajstić information content (AvgIpc) is 2.79. The second kappa shape index (κ2) is 9.23. The number of ether oxygens (including phenoxy) is 3. The zero-order valence-electron chi connectivity index (χ0n) is 17.5. The normalized spacial score (nSPS) is 14.7. The maximum absolute atomic E-state index is 14.7. The minimum absolute atomic E-state index is 0.0358. The van der Waals surface area contributed by atoms with Crippen molar-refractivity contribution < 1.29 is 23.4 Å². The van der Waals surface area contributed by atoms with Crippen molar-refractivity contribution in [2.24, 2.45) is 5.73 Å². The van der Waals surface area contributed by atoms with Gasteiger partial charge in [0.2, 0.25) is 5.88 Å². The number of benzene rings is 3. The van der Waals surface area contributed by atoms with Gasteiger partial charge in [-0.15, -0.1) is 0 Å². The second-order valence-electron chi connectivity index (χ2n) is 7.11. The monoisotopic (exact) mass is 464 g/mol. The standard InChI is InChI=1S/C25H18ClFN2O4/c1-2-31-15-8-6-14(7-9-15)25(30)32-16-10-11-17-21(12-16)33-24(29)18(13-28)22(17)23-19(26)4-3-5-20(23)27/h3-12,22H,2,29H2,1H3/t22-/m1/s1. The molecule has 1 heterocycles. The Morgan fingerprint density at radius 3 is 2.58 bits per heavy atom. The molecule has 33 heavy (non-hydrogen) atoms. The number of rotatable bonds is 5. The zero-order chi connectivity index (χ0) is 23.5. The third kappa shape index (κ3) is 4.34. The SMILES string of the molecule is CCOc1ccc(C(=O)Oc2ccc3c(c2)OC(N)=C(C#N)[C@@H]3c2c(F)cccc2Cl)cc1. The largest absolute Gasteiger partial charge is 0.494 e. The van der Waals surface area contributed by atoms with Crippen molar-refractivity contribution in [2.75, 3.05) is 6.61 Å². The Kier molecular flexibility index (Phi) is 6.20. The average molecular weight is 465 g/mol. The van der Waals surface area contributed by atoms with Crippen LogP contribution in [-0.2, 0) is 0 Å². The Bertz CT molecular complexity index is 1280. The van der Waals surface area contributed by atoms with Gasteiger partial charge in [0.25, 0.3) is 0 Å². The zero-order valence-corrected chi connectivity index (χ0v) is 18.2. The van der Waals surface area contributed by atoms with E-state index >= 15 is 0 Å². The minimum Gasteiger partial charge on any atom is -0.494 e. The number of hydrogen-bond acceptors (Lipinski definition) is 6. The van der Waals surface area contributed by atoms with Gasteiger partial charge in [-0.05, 0) is 49.4 Å². The molecule has 166 valence electrons. The molecule has 3 aromatic rings. The fourth-order valence-electron chi connectivity index (χ4n) is 3.60. The first-order valence-electron chi connectivity index (χ1n) is 10.0. The van der Waals surface area contributed by atoms with Crippen LogP contribution in [0.4, 0.5) is 4.39 Å². The van der Waals surface area contributed by atoms with E-state index in [2.05, 4.69) is 0 Å². The minimum atomic E-state index is -0.872. The predicted octanol–water partition coefficient (Wildman–Crippen LogP) is 5.32. The molecule has 0 amide bonds. The maximum atomic E-state index is 14.7. The van der Waals surface area contributed by atoms with Crippen molar-refractivity contribution in [1.29, 1.82) is 5.26 Å². The summed E-state index contributed by atoms with van der Waals surface area (Å²) in [4.78, 5) is 12.5. The molecular formula is C25H18ClFN2O4. The number of hydrogen-bond donors (Lipinski definition) is 1. The molecule has 3 aromatic carbocycles. The molecule has 0 bridgehead atoms. The highest BCUT2D eigenvalue weighted by atomic mass is 35.5. The number of halogens is 2. The van der Waals surface area contributed by atoms with Gasteiger partial charge in [-0.2, -0.15) is 5.26 Å². The molecule has 0 aromatic heterocycles. The van der Waals surface area contributed by atoms with Crippen LogP contribution in [0.5, 0.6) is 17.2 Å². The van der Waals surface area contributed by atoms with E-state index in [1.165, 1.54) is 30.3 Å². The molecule has 4 rings (SSSR count). The lowest BCUT2D eigenvalue weighted by molar-refractivity contribution is 0.0734. The number of carbonyl (C=O) groups is 1. The Morgan fingerprint density at radius 2 is 1.91 bits per heavy atom. The van der Waals surface area contributed by atoms with Crippen molar-refractivity contribution in [1.82, 2.24) is 0 Å². The fraction of sp³-hybridized carbons (Fsp3) is 0.120. The number of nitrogens with two attached hydrogens (primary N) is 1. The molecule has 2 N–H and O–H groups in total. The number of carbonyl (C=O) groups excluding carboxylic acids is 1. The van der Waals surface area contributed by atoms with Crippen molar-refractivity contribution >= 4 is 17.6 Å². The van der Waals surface area contributed by atoms with E-state index in [4.69, 9.17) is 31.5 Å². The molecule has 6 nitrogen and oxygen atoms in total. The van der Waals surface area contributed by atoms with E-state index < -0.39 is 17.7 Å². The van der Waals surface area contributed by atoms with Crippen molar-refractivity contribution in [3.8, 4) is 23.3 Å². The lowest BCUT2D eigenvalue weighted by Crippen LogP contribution is -2.22. The first-order chi connectivity index (χ1) is 15.9. The first kappa shape index (κ1) is 22.2. The molecule has 1 atom stereocenters. The number of esters is 1. The van der Waals surface area contributed by atoms with Crippen LogP contribution in [0.3, 0.4) is 0 Å². The second-order valence-corrected chi connectivity index (χ2v) is 7.51. The third-order valence-corrected chi connectivity index (χ3v) is 5.42.